The van der Waals surface area contributed by atoms with Crippen molar-refractivity contribution in [3.05, 3.63) is 64.6 Å². The molecular formula is C23H26BrN5O2. The lowest BCUT2D eigenvalue weighted by Gasteiger charge is -2.36. The van der Waals surface area contributed by atoms with Crippen molar-refractivity contribution in [1.29, 1.82) is 0 Å². The highest BCUT2D eigenvalue weighted by molar-refractivity contribution is 9.10. The van der Waals surface area contributed by atoms with Crippen molar-refractivity contribution in [3.8, 4) is 11.5 Å². The molecule has 0 saturated carbocycles. The van der Waals surface area contributed by atoms with E-state index in [4.69, 9.17) is 4.52 Å². The van der Waals surface area contributed by atoms with E-state index in [0.717, 1.165) is 30.4 Å². The van der Waals surface area contributed by atoms with Crippen LogP contribution in [0, 0.1) is 0 Å². The first kappa shape index (κ1) is 21.6. The Kier molecular flexibility index (Phi) is 7.09. The minimum Gasteiger partial charge on any atom is -0.353 e. The maximum absolute atomic E-state index is 12.4. The fourth-order valence-electron chi connectivity index (χ4n) is 3.86. The Morgan fingerprint density at radius 1 is 1.23 bits per heavy atom. The maximum atomic E-state index is 12.4. The van der Waals surface area contributed by atoms with Gasteiger partial charge in [-0.15, -0.1) is 0 Å². The average Bonchev–Trinajstić information content (AvgIpc) is 3.28. The Hall–Kier alpha value is -2.58. The number of likely N-dealkylation sites (tertiary alicyclic amines) is 1. The molecule has 162 valence electrons. The van der Waals surface area contributed by atoms with Crippen molar-refractivity contribution in [2.45, 2.75) is 44.7 Å². The highest BCUT2D eigenvalue weighted by Gasteiger charge is 2.24. The largest absolute Gasteiger partial charge is 0.353 e. The number of halogens is 1. The van der Waals surface area contributed by atoms with Gasteiger partial charge in [0, 0.05) is 48.7 Å². The molecule has 2 aromatic heterocycles. The zero-order valence-corrected chi connectivity index (χ0v) is 19.1. The number of pyridine rings is 1. The molecule has 1 amide bonds. The molecule has 0 spiro atoms. The molecule has 0 radical (unpaired) electrons. The fourth-order valence-corrected chi connectivity index (χ4v) is 4.12. The minimum atomic E-state index is 0.0250. The number of nitrogens with zero attached hydrogens (tertiary/aromatic N) is 4. The van der Waals surface area contributed by atoms with E-state index in [2.05, 4.69) is 72.5 Å². The van der Waals surface area contributed by atoms with Gasteiger partial charge >= 0.3 is 0 Å². The van der Waals surface area contributed by atoms with Gasteiger partial charge in [-0.25, -0.2) is 0 Å². The summed E-state index contributed by atoms with van der Waals surface area (Å²) in [6.07, 6.45) is 4.35. The number of carbonyl (C=O) groups is 1. The van der Waals surface area contributed by atoms with Gasteiger partial charge in [0.05, 0.1) is 0 Å². The molecule has 4 rings (SSSR count). The molecule has 7 nitrogen and oxygen atoms in total. The van der Waals surface area contributed by atoms with E-state index >= 15 is 0 Å². The molecule has 1 N–H and O–H groups in total. The second-order valence-corrected chi connectivity index (χ2v) is 8.75. The van der Waals surface area contributed by atoms with Crippen molar-refractivity contribution in [2.75, 3.05) is 13.1 Å². The third-order valence-electron chi connectivity index (χ3n) is 5.72. The normalized spacial score (nSPS) is 16.2. The lowest BCUT2D eigenvalue weighted by molar-refractivity contribution is -0.122. The Morgan fingerprint density at radius 2 is 2.00 bits per heavy atom. The van der Waals surface area contributed by atoms with Gasteiger partial charge in [0.25, 0.3) is 0 Å². The van der Waals surface area contributed by atoms with Crippen LogP contribution in [0.15, 0.2) is 57.7 Å². The number of rotatable bonds is 7. The number of aromatic nitrogens is 3. The molecule has 0 unspecified atom stereocenters. The lowest BCUT2D eigenvalue weighted by atomic mass is 10.00. The minimum absolute atomic E-state index is 0.0250. The molecule has 1 aliphatic heterocycles. The Bertz CT molecular complexity index is 985. The molecule has 0 bridgehead atoms. The van der Waals surface area contributed by atoms with E-state index in [-0.39, 0.29) is 11.9 Å². The standard InChI is InChI=1S/C23H26BrN5O2/c1-16(17-5-7-18(24)8-6-17)29-14-11-19(12-15-29)26-21(30)9-10-22-27-23(28-31-22)20-4-2-3-13-25-20/h2-8,13,16,19H,9-12,14-15H2,1H3,(H,26,30)/t16-/m0/s1. The Balaban J connectivity index is 1.21. The molecule has 1 aliphatic rings. The van der Waals surface area contributed by atoms with Gasteiger partial charge in [0.15, 0.2) is 0 Å². The summed E-state index contributed by atoms with van der Waals surface area (Å²) < 4.78 is 6.35. The number of hydrogen-bond acceptors (Lipinski definition) is 6. The van der Waals surface area contributed by atoms with Crippen molar-refractivity contribution in [1.82, 2.24) is 25.3 Å². The van der Waals surface area contributed by atoms with Gasteiger partial charge in [-0.1, -0.05) is 39.3 Å². The molecule has 3 aromatic rings. The Labute approximate surface area is 190 Å². The van der Waals surface area contributed by atoms with Crippen LogP contribution in [0.2, 0.25) is 0 Å². The third-order valence-corrected chi connectivity index (χ3v) is 6.25. The van der Waals surface area contributed by atoms with E-state index in [1.807, 2.05) is 18.2 Å². The van der Waals surface area contributed by atoms with Crippen molar-refractivity contribution >= 4 is 21.8 Å². The van der Waals surface area contributed by atoms with Gasteiger partial charge in [0.1, 0.15) is 5.69 Å². The quantitative estimate of drug-likeness (QED) is 0.542. The van der Waals surface area contributed by atoms with Gasteiger partial charge in [0.2, 0.25) is 17.6 Å². The van der Waals surface area contributed by atoms with Crippen LogP contribution in [0.4, 0.5) is 0 Å². The predicted octanol–water partition coefficient (Wildman–Crippen LogP) is 4.17. The predicted molar refractivity (Wildman–Crippen MR) is 121 cm³/mol. The van der Waals surface area contributed by atoms with E-state index in [0.29, 0.717) is 36.3 Å². The molecule has 8 heteroatoms. The summed E-state index contributed by atoms with van der Waals surface area (Å²) in [5.74, 6) is 0.925. The molecule has 3 heterocycles. The van der Waals surface area contributed by atoms with Crippen LogP contribution in [-0.4, -0.2) is 45.1 Å². The lowest BCUT2D eigenvalue weighted by Crippen LogP contribution is -2.45. The van der Waals surface area contributed by atoms with E-state index in [9.17, 15) is 4.79 Å². The van der Waals surface area contributed by atoms with Crippen LogP contribution in [0.3, 0.4) is 0 Å². The van der Waals surface area contributed by atoms with Crippen molar-refractivity contribution in [3.63, 3.8) is 0 Å². The van der Waals surface area contributed by atoms with E-state index in [1.54, 1.807) is 6.20 Å². The SMILES string of the molecule is C[C@@H](c1ccc(Br)cc1)N1CCC(NC(=O)CCc2nc(-c3ccccn3)no2)CC1. The van der Waals surface area contributed by atoms with Crippen LogP contribution >= 0.6 is 15.9 Å². The molecule has 31 heavy (non-hydrogen) atoms. The topological polar surface area (TPSA) is 84.2 Å². The van der Waals surface area contributed by atoms with Gasteiger partial charge < -0.3 is 9.84 Å². The van der Waals surface area contributed by atoms with Crippen LogP contribution in [0.5, 0.6) is 0 Å². The van der Waals surface area contributed by atoms with Crippen molar-refractivity contribution in [2.24, 2.45) is 0 Å². The number of piperidine rings is 1. The second kappa shape index (κ2) is 10.2. The van der Waals surface area contributed by atoms with Crippen LogP contribution in [0.25, 0.3) is 11.5 Å². The van der Waals surface area contributed by atoms with Crippen molar-refractivity contribution < 1.29 is 9.32 Å². The van der Waals surface area contributed by atoms with Gasteiger partial charge in [-0.3, -0.25) is 14.7 Å². The third kappa shape index (κ3) is 5.77. The smallest absolute Gasteiger partial charge is 0.227 e. The zero-order chi connectivity index (χ0) is 21.6. The van der Waals surface area contributed by atoms with Crippen LogP contribution in [0.1, 0.15) is 43.7 Å². The number of carbonyl (C=O) groups excluding carboxylic acids is 1. The first-order chi connectivity index (χ1) is 15.1. The van der Waals surface area contributed by atoms with Crippen LogP contribution < -0.4 is 5.32 Å². The van der Waals surface area contributed by atoms with Gasteiger partial charge in [-0.05, 0) is 49.6 Å². The first-order valence-electron chi connectivity index (χ1n) is 10.6. The molecule has 1 aromatic carbocycles. The monoisotopic (exact) mass is 483 g/mol. The fraction of sp³-hybridized carbons (Fsp3) is 0.391. The summed E-state index contributed by atoms with van der Waals surface area (Å²) in [5.41, 5.74) is 1.97. The van der Waals surface area contributed by atoms with E-state index in [1.165, 1.54) is 5.56 Å². The number of amides is 1. The molecular weight excluding hydrogens is 458 g/mol. The summed E-state index contributed by atoms with van der Waals surface area (Å²) in [7, 11) is 0. The summed E-state index contributed by atoms with van der Waals surface area (Å²) in [4.78, 5) is 23.4. The summed E-state index contributed by atoms with van der Waals surface area (Å²) in [5, 5.41) is 7.11. The molecule has 1 saturated heterocycles. The molecule has 1 atom stereocenters. The average molecular weight is 484 g/mol. The Morgan fingerprint density at radius 3 is 2.71 bits per heavy atom. The number of aryl methyl sites for hydroxylation is 1. The van der Waals surface area contributed by atoms with Gasteiger partial charge in [-0.2, -0.15) is 4.98 Å². The zero-order valence-electron chi connectivity index (χ0n) is 17.5. The summed E-state index contributed by atoms with van der Waals surface area (Å²) >= 11 is 3.49. The molecule has 1 fully saturated rings. The maximum Gasteiger partial charge on any atom is 0.227 e. The highest BCUT2D eigenvalue weighted by Crippen LogP contribution is 2.25. The summed E-state index contributed by atoms with van der Waals surface area (Å²) in [6, 6.07) is 14.6. The number of nitrogens with one attached hydrogen (secondary N) is 1. The van der Waals surface area contributed by atoms with E-state index < -0.39 is 0 Å². The summed E-state index contributed by atoms with van der Waals surface area (Å²) in [6.45, 7) is 4.18. The second-order valence-electron chi connectivity index (χ2n) is 7.83. The molecule has 0 aliphatic carbocycles. The first-order valence-corrected chi connectivity index (χ1v) is 11.4. The highest BCUT2D eigenvalue weighted by atomic mass is 79.9. The number of benzene rings is 1. The number of hydrogen-bond donors (Lipinski definition) is 1. The van der Waals surface area contributed by atoms with Crippen LogP contribution in [-0.2, 0) is 11.2 Å².